The monoisotopic (exact) mass is 325 g/mol. The number of hydrogen-bond donors (Lipinski definition) is 2. The molecule has 7 heteroatoms. The van der Waals surface area contributed by atoms with E-state index < -0.39 is 11.7 Å². The van der Waals surface area contributed by atoms with Crippen LogP contribution in [-0.2, 0) is 11.0 Å². The van der Waals surface area contributed by atoms with Crippen LogP contribution in [0.4, 0.5) is 18.9 Å². The van der Waals surface area contributed by atoms with Crippen LogP contribution >= 0.6 is 0 Å². The maximum Gasteiger partial charge on any atom is 0.416 e. The van der Waals surface area contributed by atoms with E-state index in [1.54, 1.807) is 6.07 Å². The molecule has 0 radical (unpaired) electrons. The van der Waals surface area contributed by atoms with Gasteiger partial charge in [-0.05, 0) is 24.6 Å². The molecule has 0 aliphatic rings. The zero-order valence-corrected chi connectivity index (χ0v) is 12.7. The van der Waals surface area contributed by atoms with Gasteiger partial charge in [0.1, 0.15) is 0 Å². The van der Waals surface area contributed by atoms with Gasteiger partial charge in [0, 0.05) is 36.8 Å². The Morgan fingerprint density at radius 2 is 2.00 bits per heavy atom. The fourth-order valence-electron chi connectivity index (χ4n) is 2.14. The molecule has 2 aromatic rings. The topological polar surface area (TPSA) is 54.0 Å². The molecule has 2 rings (SSSR count). The number of rotatable bonds is 6. The highest BCUT2D eigenvalue weighted by molar-refractivity contribution is 5.91. The second kappa shape index (κ2) is 7.30. The predicted octanol–water partition coefficient (Wildman–Crippen LogP) is 3.58. The lowest BCUT2D eigenvalue weighted by Crippen LogP contribution is -2.25. The second-order valence-electron chi connectivity index (χ2n) is 5.11. The van der Waals surface area contributed by atoms with Gasteiger partial charge in [0.25, 0.3) is 0 Å². The van der Waals surface area contributed by atoms with Crippen molar-refractivity contribution in [2.45, 2.75) is 25.9 Å². The van der Waals surface area contributed by atoms with Crippen LogP contribution in [0, 0.1) is 0 Å². The van der Waals surface area contributed by atoms with E-state index in [-0.39, 0.29) is 11.4 Å². The molecule has 1 amide bonds. The number of amides is 1. The molecular weight excluding hydrogens is 307 g/mol. The first-order chi connectivity index (χ1) is 10.9. The molecule has 0 unspecified atom stereocenters. The average molecular weight is 325 g/mol. The number of nitrogens with one attached hydrogen (secondary N) is 2. The number of hydrogen-bond acceptors (Lipinski definition) is 3. The summed E-state index contributed by atoms with van der Waals surface area (Å²) in [5.41, 5.74) is 0.195. The highest BCUT2D eigenvalue weighted by Gasteiger charge is 2.30. The molecule has 0 saturated heterocycles. The van der Waals surface area contributed by atoms with Gasteiger partial charge in [0.15, 0.2) is 0 Å². The zero-order valence-electron chi connectivity index (χ0n) is 12.7. The number of aromatic nitrogens is 1. The lowest BCUT2D eigenvalue weighted by atomic mass is 10.1. The van der Waals surface area contributed by atoms with Crippen molar-refractivity contribution in [1.82, 2.24) is 10.3 Å². The smallest absolute Gasteiger partial charge is 0.384 e. The fraction of sp³-hybridized carbons (Fsp3) is 0.375. The van der Waals surface area contributed by atoms with Gasteiger partial charge in [-0.25, -0.2) is 0 Å². The van der Waals surface area contributed by atoms with E-state index in [1.807, 2.05) is 6.92 Å². The summed E-state index contributed by atoms with van der Waals surface area (Å²) in [5.74, 6) is -0.0583. The third-order valence-corrected chi connectivity index (χ3v) is 3.31. The Morgan fingerprint density at radius 1 is 1.22 bits per heavy atom. The van der Waals surface area contributed by atoms with Gasteiger partial charge in [-0.3, -0.25) is 9.78 Å². The van der Waals surface area contributed by atoms with Crippen molar-refractivity contribution in [3.63, 3.8) is 0 Å². The fourth-order valence-corrected chi connectivity index (χ4v) is 2.14. The van der Waals surface area contributed by atoms with E-state index in [9.17, 15) is 18.0 Å². The molecule has 124 valence electrons. The first-order valence-corrected chi connectivity index (χ1v) is 7.38. The van der Waals surface area contributed by atoms with E-state index in [4.69, 9.17) is 0 Å². The summed E-state index contributed by atoms with van der Waals surface area (Å²) in [4.78, 5) is 15.5. The van der Waals surface area contributed by atoms with Gasteiger partial charge in [0.2, 0.25) is 5.91 Å². The van der Waals surface area contributed by atoms with Crippen molar-refractivity contribution in [2.75, 3.05) is 18.4 Å². The Bertz CT molecular complexity index is 686. The molecule has 1 aromatic heterocycles. The summed E-state index contributed by atoms with van der Waals surface area (Å²) in [5, 5.41) is 6.43. The Kier molecular flexibility index (Phi) is 5.41. The van der Waals surface area contributed by atoms with Crippen molar-refractivity contribution in [3.05, 3.63) is 36.0 Å². The summed E-state index contributed by atoms with van der Waals surface area (Å²) >= 11 is 0. The molecule has 1 heterocycles. The van der Waals surface area contributed by atoms with Crippen LogP contribution in [0.2, 0.25) is 0 Å². The Balaban J connectivity index is 2.08. The number of benzene rings is 1. The molecule has 1 aromatic carbocycles. The Hall–Kier alpha value is -2.31. The highest BCUT2D eigenvalue weighted by Crippen LogP contribution is 2.32. The molecule has 0 spiro atoms. The average Bonchev–Trinajstić information content (AvgIpc) is 2.51. The summed E-state index contributed by atoms with van der Waals surface area (Å²) in [6.45, 7) is 3.00. The third kappa shape index (κ3) is 4.58. The molecule has 0 fully saturated rings. The molecule has 2 N–H and O–H groups in total. The van der Waals surface area contributed by atoms with E-state index >= 15 is 0 Å². The number of nitrogens with zero attached hydrogens (tertiary/aromatic N) is 1. The molecule has 0 bridgehead atoms. The highest BCUT2D eigenvalue weighted by atomic mass is 19.4. The quantitative estimate of drug-likeness (QED) is 0.853. The summed E-state index contributed by atoms with van der Waals surface area (Å²) in [7, 11) is 0. The van der Waals surface area contributed by atoms with Crippen molar-refractivity contribution in [3.8, 4) is 0 Å². The first-order valence-electron chi connectivity index (χ1n) is 7.38. The number of fused-ring (bicyclic) bond motifs is 1. The van der Waals surface area contributed by atoms with Crippen molar-refractivity contribution < 1.29 is 18.0 Å². The van der Waals surface area contributed by atoms with E-state index in [0.717, 1.165) is 18.6 Å². The van der Waals surface area contributed by atoms with Crippen molar-refractivity contribution in [2.24, 2.45) is 0 Å². The Morgan fingerprint density at radius 3 is 2.70 bits per heavy atom. The van der Waals surface area contributed by atoms with Crippen molar-refractivity contribution in [1.29, 1.82) is 0 Å². The van der Waals surface area contributed by atoms with Crippen LogP contribution < -0.4 is 10.6 Å². The van der Waals surface area contributed by atoms with Gasteiger partial charge in [0.05, 0.1) is 11.1 Å². The van der Waals surface area contributed by atoms with E-state index in [0.29, 0.717) is 30.6 Å². The number of carbonyl (C=O) groups is 1. The van der Waals surface area contributed by atoms with Crippen LogP contribution in [0.1, 0.15) is 25.3 Å². The van der Waals surface area contributed by atoms with Crippen molar-refractivity contribution >= 4 is 22.5 Å². The lowest BCUT2D eigenvalue weighted by Gasteiger charge is -2.11. The van der Waals surface area contributed by atoms with Crippen LogP contribution in [0.25, 0.3) is 10.9 Å². The maximum atomic E-state index is 12.7. The summed E-state index contributed by atoms with van der Waals surface area (Å²) in [6, 6.07) is 5.13. The van der Waals surface area contributed by atoms with Gasteiger partial charge < -0.3 is 10.6 Å². The normalized spacial score (nSPS) is 11.5. The second-order valence-corrected chi connectivity index (χ2v) is 5.11. The minimum absolute atomic E-state index is 0.0583. The number of carbonyl (C=O) groups excluding carboxylic acids is 1. The molecule has 0 aliphatic carbocycles. The first kappa shape index (κ1) is 17.1. The van der Waals surface area contributed by atoms with E-state index in [2.05, 4.69) is 15.6 Å². The van der Waals surface area contributed by atoms with Gasteiger partial charge in [-0.15, -0.1) is 0 Å². The standard InChI is InChI=1S/C16H18F3N3O/c1-2-7-22-15(23)6-9-20-13-5-8-21-14-10-11(16(17,18)19)3-4-12(13)14/h3-5,8,10H,2,6-7,9H2,1H3,(H,20,21)(H,22,23). The molecule has 23 heavy (non-hydrogen) atoms. The van der Waals surface area contributed by atoms with Gasteiger partial charge in [-0.2, -0.15) is 13.2 Å². The van der Waals surface area contributed by atoms with Crippen LogP contribution in [0.5, 0.6) is 0 Å². The predicted molar refractivity (Wildman–Crippen MR) is 83.2 cm³/mol. The van der Waals surface area contributed by atoms with Crippen LogP contribution in [-0.4, -0.2) is 24.0 Å². The largest absolute Gasteiger partial charge is 0.416 e. The molecule has 0 atom stereocenters. The molecule has 0 aliphatic heterocycles. The molecular formula is C16H18F3N3O. The number of pyridine rings is 1. The zero-order chi connectivity index (χ0) is 16.9. The number of anilines is 1. The third-order valence-electron chi connectivity index (χ3n) is 3.31. The SMILES string of the molecule is CCCNC(=O)CCNc1ccnc2cc(C(F)(F)F)ccc12. The number of halogens is 3. The summed E-state index contributed by atoms with van der Waals surface area (Å²) in [6.07, 6.45) is -1.78. The Labute approximate surface area is 132 Å². The van der Waals surface area contributed by atoms with Gasteiger partial charge in [-0.1, -0.05) is 13.0 Å². The van der Waals surface area contributed by atoms with Crippen LogP contribution in [0.15, 0.2) is 30.5 Å². The summed E-state index contributed by atoms with van der Waals surface area (Å²) < 4.78 is 38.2. The number of alkyl halides is 3. The van der Waals surface area contributed by atoms with E-state index in [1.165, 1.54) is 12.3 Å². The minimum atomic E-state index is -4.39. The molecule has 0 saturated carbocycles. The van der Waals surface area contributed by atoms with Gasteiger partial charge >= 0.3 is 6.18 Å². The lowest BCUT2D eigenvalue weighted by molar-refractivity contribution is -0.137. The minimum Gasteiger partial charge on any atom is -0.384 e. The maximum absolute atomic E-state index is 12.7. The molecule has 4 nitrogen and oxygen atoms in total. The van der Waals surface area contributed by atoms with Crippen LogP contribution in [0.3, 0.4) is 0 Å².